The predicted octanol–water partition coefficient (Wildman–Crippen LogP) is 5.07. The maximum Gasteiger partial charge on any atom is 0.305 e. The van der Waals surface area contributed by atoms with E-state index in [1.165, 1.54) is 70.4 Å². The van der Waals surface area contributed by atoms with E-state index in [9.17, 15) is 15.0 Å². The number of imidazole rings is 1. The molecule has 3 rings (SSSR count). The fourth-order valence-corrected chi connectivity index (χ4v) is 4.91. The van der Waals surface area contributed by atoms with Crippen molar-refractivity contribution in [3.05, 3.63) is 24.8 Å². The summed E-state index contributed by atoms with van der Waals surface area (Å²) in [7, 11) is 1.73. The van der Waals surface area contributed by atoms with E-state index >= 15 is 0 Å². The van der Waals surface area contributed by atoms with Gasteiger partial charge in [0, 0.05) is 13.5 Å². The molecule has 10 heteroatoms. The van der Waals surface area contributed by atoms with Gasteiger partial charge in [0.15, 0.2) is 17.7 Å². The number of fused-ring (bicyclic) bond motifs is 1. The maximum atomic E-state index is 12.2. The Labute approximate surface area is 232 Å². The molecule has 0 radical (unpaired) electrons. The van der Waals surface area contributed by atoms with Crippen LogP contribution >= 0.6 is 0 Å². The molecule has 0 saturated carbocycles. The number of hydrogen-bond donors (Lipinski definition) is 3. The summed E-state index contributed by atoms with van der Waals surface area (Å²) in [6.07, 6.45) is 19.3. The number of aliphatic hydroxyl groups excluding tert-OH is 2. The number of hydrogen-bond acceptors (Lipinski definition) is 9. The molecule has 1 aliphatic rings. The molecule has 0 spiro atoms. The number of carbonyl (C=O) groups excluding carboxylic acids is 1. The second-order valence-corrected chi connectivity index (χ2v) is 10.4. The molecule has 0 bridgehead atoms. The summed E-state index contributed by atoms with van der Waals surface area (Å²) in [5.41, 5.74) is 0.993. The molecule has 39 heavy (non-hydrogen) atoms. The standard InChI is InChI=1S/C29H47N5O5/c1-3-4-5-6-7-8-9-10-11-12-13-14-15-16-17-18-23(35)38-19-22-25(36)26(37)29(39-22)34-21-33-24-27(30-2)31-20-32-28(24)34/h10-11,20-22,25-26,29,36-37H,3-9,12-19H2,1-2H3,(H,30,31,32)/b11-10+. The normalized spacial score (nSPS) is 21.2. The molecule has 10 nitrogen and oxygen atoms in total. The van der Waals surface area contributed by atoms with Crippen molar-refractivity contribution in [2.24, 2.45) is 0 Å². The SMILES string of the molecule is CCCCCCCC/C=C/CCCCCCCC(=O)OCC1OC(n2cnc3c(NC)ncnc32)C(O)C1O. The maximum absolute atomic E-state index is 12.2. The van der Waals surface area contributed by atoms with Gasteiger partial charge in [0.1, 0.15) is 36.8 Å². The van der Waals surface area contributed by atoms with Crippen LogP contribution in [0, 0.1) is 0 Å². The molecule has 0 aliphatic carbocycles. The number of allylic oxidation sites excluding steroid dienone is 2. The van der Waals surface area contributed by atoms with Crippen LogP contribution in [0.15, 0.2) is 24.8 Å². The number of carbonyl (C=O) groups is 1. The van der Waals surface area contributed by atoms with Crippen LogP contribution in [0.4, 0.5) is 5.82 Å². The molecule has 3 heterocycles. The summed E-state index contributed by atoms with van der Waals surface area (Å²) < 4.78 is 12.8. The number of esters is 1. The summed E-state index contributed by atoms with van der Waals surface area (Å²) in [5.74, 6) is 0.230. The van der Waals surface area contributed by atoms with Crippen LogP contribution in [0.2, 0.25) is 0 Å². The summed E-state index contributed by atoms with van der Waals surface area (Å²) in [6, 6.07) is 0. The Morgan fingerprint density at radius 1 is 0.974 bits per heavy atom. The number of anilines is 1. The molecular weight excluding hydrogens is 498 g/mol. The Balaban J connectivity index is 1.25. The summed E-state index contributed by atoms with van der Waals surface area (Å²) in [6.45, 7) is 2.13. The van der Waals surface area contributed by atoms with Gasteiger partial charge in [0.05, 0.1) is 6.33 Å². The second-order valence-electron chi connectivity index (χ2n) is 10.4. The lowest BCUT2D eigenvalue weighted by molar-refractivity contribution is -0.150. The van der Waals surface area contributed by atoms with E-state index in [-0.39, 0.29) is 12.6 Å². The Kier molecular flexibility index (Phi) is 13.7. The van der Waals surface area contributed by atoms with Crippen molar-refractivity contribution in [2.45, 2.75) is 121 Å². The van der Waals surface area contributed by atoms with E-state index in [1.54, 1.807) is 11.6 Å². The van der Waals surface area contributed by atoms with Crippen molar-refractivity contribution in [3.8, 4) is 0 Å². The summed E-state index contributed by atoms with van der Waals surface area (Å²) in [5, 5.41) is 24.0. The molecule has 4 unspecified atom stereocenters. The molecule has 3 N–H and O–H groups in total. The summed E-state index contributed by atoms with van der Waals surface area (Å²) >= 11 is 0. The minimum Gasteiger partial charge on any atom is -0.463 e. The quantitative estimate of drug-likeness (QED) is 0.126. The van der Waals surface area contributed by atoms with Gasteiger partial charge in [-0.1, -0.05) is 70.4 Å². The lowest BCUT2D eigenvalue weighted by Crippen LogP contribution is -2.34. The Bertz CT molecular complexity index is 1010. The number of rotatable bonds is 19. The van der Waals surface area contributed by atoms with Crippen molar-refractivity contribution in [2.75, 3.05) is 19.0 Å². The van der Waals surface area contributed by atoms with Crippen LogP contribution in [-0.4, -0.2) is 67.7 Å². The van der Waals surface area contributed by atoms with Crippen LogP contribution in [0.1, 0.15) is 103 Å². The largest absolute Gasteiger partial charge is 0.463 e. The number of ether oxygens (including phenoxy) is 2. The number of nitrogens with one attached hydrogen (secondary N) is 1. The number of aliphatic hydroxyl groups is 2. The third kappa shape index (κ3) is 9.54. The third-order valence-electron chi connectivity index (χ3n) is 7.26. The van der Waals surface area contributed by atoms with E-state index in [0.717, 1.165) is 25.7 Å². The van der Waals surface area contributed by atoms with Gasteiger partial charge in [0.25, 0.3) is 0 Å². The Morgan fingerprint density at radius 2 is 1.64 bits per heavy atom. The average molecular weight is 546 g/mol. The predicted molar refractivity (Wildman–Crippen MR) is 151 cm³/mol. The van der Waals surface area contributed by atoms with Gasteiger partial charge in [-0.05, 0) is 32.1 Å². The highest BCUT2D eigenvalue weighted by Gasteiger charge is 2.45. The molecule has 0 amide bonds. The van der Waals surface area contributed by atoms with Gasteiger partial charge >= 0.3 is 5.97 Å². The fraction of sp³-hybridized carbons (Fsp3) is 0.724. The highest BCUT2D eigenvalue weighted by atomic mass is 16.6. The van der Waals surface area contributed by atoms with Gasteiger partial charge < -0.3 is 25.0 Å². The summed E-state index contributed by atoms with van der Waals surface area (Å²) in [4.78, 5) is 24.9. The van der Waals surface area contributed by atoms with Gasteiger partial charge in [-0.2, -0.15) is 0 Å². The van der Waals surface area contributed by atoms with Gasteiger partial charge in [-0.3, -0.25) is 9.36 Å². The van der Waals surface area contributed by atoms with E-state index in [2.05, 4.69) is 39.3 Å². The van der Waals surface area contributed by atoms with Crippen LogP contribution in [0.5, 0.6) is 0 Å². The monoisotopic (exact) mass is 545 g/mol. The van der Waals surface area contributed by atoms with E-state index in [0.29, 0.717) is 23.4 Å². The molecule has 1 saturated heterocycles. The first kappa shape index (κ1) is 31.0. The highest BCUT2D eigenvalue weighted by Crippen LogP contribution is 2.32. The molecule has 2 aromatic heterocycles. The van der Waals surface area contributed by atoms with E-state index in [4.69, 9.17) is 9.47 Å². The third-order valence-corrected chi connectivity index (χ3v) is 7.26. The van der Waals surface area contributed by atoms with Crippen LogP contribution in [0.25, 0.3) is 11.2 Å². The number of unbranched alkanes of at least 4 members (excludes halogenated alkanes) is 11. The lowest BCUT2D eigenvalue weighted by atomic mass is 10.1. The van der Waals surface area contributed by atoms with Crippen LogP contribution in [-0.2, 0) is 14.3 Å². The number of nitrogens with zero attached hydrogens (tertiary/aromatic N) is 4. The van der Waals surface area contributed by atoms with Crippen molar-refractivity contribution in [3.63, 3.8) is 0 Å². The molecule has 0 aromatic carbocycles. The van der Waals surface area contributed by atoms with Gasteiger partial charge in [-0.25, -0.2) is 15.0 Å². The van der Waals surface area contributed by atoms with Gasteiger partial charge in [0.2, 0.25) is 0 Å². The molecular formula is C29H47N5O5. The second kappa shape index (κ2) is 17.2. The Hall–Kier alpha value is -2.56. The molecule has 218 valence electrons. The highest BCUT2D eigenvalue weighted by molar-refractivity contribution is 5.82. The van der Waals surface area contributed by atoms with Crippen molar-refractivity contribution < 1.29 is 24.5 Å². The number of aromatic nitrogens is 4. The first-order chi connectivity index (χ1) is 19.1. The van der Waals surface area contributed by atoms with Crippen LogP contribution in [0.3, 0.4) is 0 Å². The van der Waals surface area contributed by atoms with E-state index in [1.807, 2.05) is 0 Å². The zero-order chi connectivity index (χ0) is 27.9. The molecule has 4 atom stereocenters. The zero-order valence-corrected chi connectivity index (χ0v) is 23.6. The van der Waals surface area contributed by atoms with Crippen molar-refractivity contribution in [1.29, 1.82) is 0 Å². The molecule has 1 aliphatic heterocycles. The fourth-order valence-electron chi connectivity index (χ4n) is 4.91. The van der Waals surface area contributed by atoms with Gasteiger partial charge in [-0.15, -0.1) is 0 Å². The minimum atomic E-state index is -1.22. The van der Waals surface area contributed by atoms with Crippen molar-refractivity contribution in [1.82, 2.24) is 19.5 Å². The molecule has 1 fully saturated rings. The Morgan fingerprint density at radius 3 is 2.33 bits per heavy atom. The topological polar surface area (TPSA) is 132 Å². The van der Waals surface area contributed by atoms with E-state index < -0.39 is 24.5 Å². The lowest BCUT2D eigenvalue weighted by Gasteiger charge is -2.16. The first-order valence-corrected chi connectivity index (χ1v) is 14.7. The van der Waals surface area contributed by atoms with Crippen molar-refractivity contribution >= 4 is 23.0 Å². The average Bonchev–Trinajstić information content (AvgIpc) is 3.50. The van der Waals surface area contributed by atoms with Crippen LogP contribution < -0.4 is 5.32 Å². The smallest absolute Gasteiger partial charge is 0.305 e. The zero-order valence-electron chi connectivity index (χ0n) is 23.6. The molecule has 2 aromatic rings. The first-order valence-electron chi connectivity index (χ1n) is 14.7. The minimum absolute atomic E-state index is 0.123.